The van der Waals surface area contributed by atoms with E-state index in [1.54, 1.807) is 0 Å². The summed E-state index contributed by atoms with van der Waals surface area (Å²) in [5.74, 6) is 0.878. The second-order valence-corrected chi connectivity index (χ2v) is 5.79. The standard InChI is InChI=1S/C18H23N3O/c1-3-14-10-20-18(21-11-14)9-15-4-5-16(8-13(15)2)17-12-19-6-7-22-17/h4-5,8,10-11,17,19H,3,6-7,9,12H2,1-2H3/t17-/m1/s1. The van der Waals surface area contributed by atoms with Crippen LogP contribution < -0.4 is 5.32 Å². The van der Waals surface area contributed by atoms with Crippen molar-refractivity contribution < 1.29 is 4.74 Å². The van der Waals surface area contributed by atoms with Gasteiger partial charge in [-0.3, -0.25) is 0 Å². The molecule has 2 heterocycles. The minimum absolute atomic E-state index is 0.168. The summed E-state index contributed by atoms with van der Waals surface area (Å²) < 4.78 is 5.82. The highest BCUT2D eigenvalue weighted by molar-refractivity contribution is 5.34. The van der Waals surface area contributed by atoms with Crippen LogP contribution in [-0.2, 0) is 17.6 Å². The molecule has 1 aromatic carbocycles. The fraction of sp³-hybridized carbons (Fsp3) is 0.444. The Hall–Kier alpha value is -1.78. The molecule has 0 bridgehead atoms. The van der Waals surface area contributed by atoms with Crippen molar-refractivity contribution in [1.82, 2.24) is 15.3 Å². The average molecular weight is 297 g/mol. The van der Waals surface area contributed by atoms with Crippen LogP contribution in [0.4, 0.5) is 0 Å². The van der Waals surface area contributed by atoms with Crippen LogP contribution in [0.1, 0.15) is 41.1 Å². The summed E-state index contributed by atoms with van der Waals surface area (Å²) in [4.78, 5) is 8.90. The maximum atomic E-state index is 5.82. The van der Waals surface area contributed by atoms with Crippen LogP contribution in [0.5, 0.6) is 0 Å². The summed E-state index contributed by atoms with van der Waals surface area (Å²) >= 11 is 0. The van der Waals surface area contributed by atoms with Gasteiger partial charge in [0.2, 0.25) is 0 Å². The van der Waals surface area contributed by atoms with E-state index in [1.165, 1.54) is 22.3 Å². The third-order valence-electron chi connectivity index (χ3n) is 4.18. The first kappa shape index (κ1) is 15.1. The van der Waals surface area contributed by atoms with Gasteiger partial charge in [-0.25, -0.2) is 9.97 Å². The molecule has 1 aromatic heterocycles. The second-order valence-electron chi connectivity index (χ2n) is 5.79. The molecular formula is C18H23N3O. The molecule has 1 aliphatic rings. The first-order valence-electron chi connectivity index (χ1n) is 7.98. The Morgan fingerprint density at radius 2 is 2.09 bits per heavy atom. The summed E-state index contributed by atoms with van der Waals surface area (Å²) in [6.45, 7) is 6.88. The molecule has 1 atom stereocenters. The molecule has 0 aliphatic carbocycles. The van der Waals surface area contributed by atoms with Crippen molar-refractivity contribution in [2.45, 2.75) is 32.8 Å². The van der Waals surface area contributed by atoms with E-state index in [9.17, 15) is 0 Å². The van der Waals surface area contributed by atoms with Gasteiger partial charge in [0.1, 0.15) is 5.82 Å². The van der Waals surface area contributed by atoms with Crippen LogP contribution in [0.25, 0.3) is 0 Å². The molecule has 1 aliphatic heterocycles. The molecule has 0 unspecified atom stereocenters. The van der Waals surface area contributed by atoms with Gasteiger partial charge in [-0.1, -0.05) is 25.1 Å². The van der Waals surface area contributed by atoms with Crippen molar-refractivity contribution in [3.05, 3.63) is 58.7 Å². The van der Waals surface area contributed by atoms with Crippen LogP contribution in [-0.4, -0.2) is 29.7 Å². The summed E-state index contributed by atoms with van der Waals surface area (Å²) in [6.07, 6.45) is 5.77. The van der Waals surface area contributed by atoms with E-state index in [4.69, 9.17) is 4.74 Å². The Bertz CT molecular complexity index is 619. The zero-order chi connectivity index (χ0) is 15.4. The number of morpholine rings is 1. The second kappa shape index (κ2) is 6.99. The molecule has 0 saturated carbocycles. The average Bonchev–Trinajstić information content (AvgIpc) is 2.58. The zero-order valence-corrected chi connectivity index (χ0v) is 13.3. The first-order chi connectivity index (χ1) is 10.8. The Morgan fingerprint density at radius 3 is 2.73 bits per heavy atom. The molecule has 4 heteroatoms. The van der Waals surface area contributed by atoms with Gasteiger partial charge < -0.3 is 10.1 Å². The number of aromatic nitrogens is 2. The van der Waals surface area contributed by atoms with Gasteiger partial charge in [0.05, 0.1) is 12.7 Å². The van der Waals surface area contributed by atoms with Crippen molar-refractivity contribution in [3.8, 4) is 0 Å². The summed E-state index contributed by atoms with van der Waals surface area (Å²) in [5, 5.41) is 3.37. The fourth-order valence-electron chi connectivity index (χ4n) is 2.72. The lowest BCUT2D eigenvalue weighted by atomic mass is 9.99. The summed E-state index contributed by atoms with van der Waals surface area (Å²) in [6, 6.07) is 6.58. The highest BCUT2D eigenvalue weighted by Crippen LogP contribution is 2.22. The predicted octanol–water partition coefficient (Wildman–Crippen LogP) is 2.60. The van der Waals surface area contributed by atoms with Gasteiger partial charge in [-0.2, -0.15) is 0 Å². The maximum Gasteiger partial charge on any atom is 0.132 e. The van der Waals surface area contributed by atoms with E-state index < -0.39 is 0 Å². The van der Waals surface area contributed by atoms with Gasteiger partial charge in [0, 0.05) is 31.9 Å². The Balaban J connectivity index is 1.73. The zero-order valence-electron chi connectivity index (χ0n) is 13.3. The number of ether oxygens (including phenoxy) is 1. The highest BCUT2D eigenvalue weighted by atomic mass is 16.5. The number of nitrogens with zero attached hydrogens (tertiary/aromatic N) is 2. The number of aryl methyl sites for hydroxylation is 2. The Morgan fingerprint density at radius 1 is 1.27 bits per heavy atom. The molecule has 1 N–H and O–H groups in total. The first-order valence-corrected chi connectivity index (χ1v) is 7.98. The predicted molar refractivity (Wildman–Crippen MR) is 87.0 cm³/mol. The topological polar surface area (TPSA) is 47.0 Å². The van der Waals surface area contributed by atoms with Crippen molar-refractivity contribution in [2.24, 2.45) is 0 Å². The Labute approximate surface area is 132 Å². The minimum Gasteiger partial charge on any atom is -0.371 e. The lowest BCUT2D eigenvalue weighted by Crippen LogP contribution is -2.33. The van der Waals surface area contributed by atoms with Gasteiger partial charge in [-0.05, 0) is 35.6 Å². The molecule has 1 saturated heterocycles. The van der Waals surface area contributed by atoms with Crippen molar-refractivity contribution in [3.63, 3.8) is 0 Å². The molecule has 116 valence electrons. The van der Waals surface area contributed by atoms with Gasteiger partial charge in [0.15, 0.2) is 0 Å². The number of hydrogen-bond acceptors (Lipinski definition) is 4. The molecule has 0 radical (unpaired) electrons. The Kier molecular flexibility index (Phi) is 4.80. The van der Waals surface area contributed by atoms with E-state index in [1.807, 2.05) is 12.4 Å². The number of nitrogens with one attached hydrogen (secondary N) is 1. The van der Waals surface area contributed by atoms with Crippen LogP contribution in [0.15, 0.2) is 30.6 Å². The largest absolute Gasteiger partial charge is 0.371 e. The third kappa shape index (κ3) is 3.51. The molecule has 3 rings (SSSR count). The molecule has 0 amide bonds. The van der Waals surface area contributed by atoms with E-state index >= 15 is 0 Å². The molecular weight excluding hydrogens is 274 g/mol. The van der Waals surface area contributed by atoms with Crippen LogP contribution >= 0.6 is 0 Å². The molecule has 1 fully saturated rings. The molecule has 22 heavy (non-hydrogen) atoms. The minimum atomic E-state index is 0.168. The fourth-order valence-corrected chi connectivity index (χ4v) is 2.72. The van der Waals surface area contributed by atoms with Crippen molar-refractivity contribution in [2.75, 3.05) is 19.7 Å². The molecule has 4 nitrogen and oxygen atoms in total. The highest BCUT2D eigenvalue weighted by Gasteiger charge is 2.16. The number of rotatable bonds is 4. The van der Waals surface area contributed by atoms with Crippen molar-refractivity contribution >= 4 is 0 Å². The lowest BCUT2D eigenvalue weighted by molar-refractivity contribution is 0.0276. The summed E-state index contributed by atoms with van der Waals surface area (Å²) in [7, 11) is 0. The van der Waals surface area contributed by atoms with Crippen LogP contribution in [0.3, 0.4) is 0 Å². The van der Waals surface area contributed by atoms with Crippen LogP contribution in [0.2, 0.25) is 0 Å². The van der Waals surface area contributed by atoms with Gasteiger partial charge in [-0.15, -0.1) is 0 Å². The maximum absolute atomic E-state index is 5.82. The van der Waals surface area contributed by atoms with E-state index in [2.05, 4.69) is 47.3 Å². The number of hydrogen-bond donors (Lipinski definition) is 1. The monoisotopic (exact) mass is 297 g/mol. The van der Waals surface area contributed by atoms with Crippen molar-refractivity contribution in [1.29, 1.82) is 0 Å². The lowest BCUT2D eigenvalue weighted by Gasteiger charge is -2.24. The normalized spacial score (nSPS) is 18.4. The van der Waals surface area contributed by atoms with Gasteiger partial charge in [0.25, 0.3) is 0 Å². The third-order valence-corrected chi connectivity index (χ3v) is 4.18. The van der Waals surface area contributed by atoms with E-state index in [0.717, 1.165) is 38.4 Å². The summed E-state index contributed by atoms with van der Waals surface area (Å²) in [5.41, 5.74) is 4.97. The van der Waals surface area contributed by atoms with E-state index in [-0.39, 0.29) is 6.10 Å². The SMILES string of the molecule is CCc1cnc(Cc2ccc([C@H]3CNCCO3)cc2C)nc1. The van der Waals surface area contributed by atoms with Crippen LogP contribution in [0, 0.1) is 6.92 Å². The molecule has 0 spiro atoms. The van der Waals surface area contributed by atoms with E-state index in [0.29, 0.717) is 0 Å². The smallest absolute Gasteiger partial charge is 0.132 e. The number of benzene rings is 1. The van der Waals surface area contributed by atoms with Gasteiger partial charge >= 0.3 is 0 Å². The quantitative estimate of drug-likeness (QED) is 0.942. The molecule has 2 aromatic rings.